The Morgan fingerprint density at radius 2 is 0.957 bits per heavy atom. The topological polar surface area (TPSA) is 0 Å². The fraction of sp³-hybridized carbons (Fsp3) is 0. The van der Waals surface area contributed by atoms with Crippen LogP contribution in [-0.2, 0) is 0 Å². The van der Waals surface area contributed by atoms with Gasteiger partial charge in [-0.1, -0.05) is 0 Å². The molecular weight excluding hydrogens is 343 g/mol. The molecule has 0 aliphatic rings. The van der Waals surface area contributed by atoms with E-state index in [1.54, 1.807) is 0 Å². The molecular formula is C22H17Se. The third-order valence-corrected chi connectivity index (χ3v) is 8.72. The van der Waals surface area contributed by atoms with Crippen LogP contribution in [0.4, 0.5) is 0 Å². The van der Waals surface area contributed by atoms with Crippen LogP contribution in [0, 0.1) is 0 Å². The van der Waals surface area contributed by atoms with Gasteiger partial charge in [0.15, 0.2) is 0 Å². The Morgan fingerprint density at radius 1 is 0.435 bits per heavy atom. The summed E-state index contributed by atoms with van der Waals surface area (Å²) in [5.41, 5.74) is 0. The normalized spacial score (nSPS) is 11.0. The van der Waals surface area contributed by atoms with E-state index in [1.807, 2.05) is 0 Å². The van der Waals surface area contributed by atoms with Crippen LogP contribution in [0.15, 0.2) is 103 Å². The van der Waals surface area contributed by atoms with Crippen LogP contribution in [0.2, 0.25) is 0 Å². The van der Waals surface area contributed by atoms with E-state index < -0.39 is 13.9 Å². The number of benzene rings is 4. The molecule has 0 saturated carbocycles. The third kappa shape index (κ3) is 2.82. The molecule has 0 amide bonds. The van der Waals surface area contributed by atoms with E-state index >= 15 is 0 Å². The first-order valence-corrected chi connectivity index (χ1v) is 10.3. The Labute approximate surface area is 141 Å². The molecule has 4 aromatic rings. The average molecular weight is 360 g/mol. The van der Waals surface area contributed by atoms with Gasteiger partial charge in [-0.25, -0.2) is 0 Å². The van der Waals surface area contributed by atoms with Crippen LogP contribution >= 0.6 is 0 Å². The number of hydrogen-bond donors (Lipinski definition) is 0. The van der Waals surface area contributed by atoms with E-state index in [9.17, 15) is 0 Å². The molecule has 0 saturated heterocycles. The van der Waals surface area contributed by atoms with Crippen molar-refractivity contribution in [2.24, 2.45) is 0 Å². The van der Waals surface area contributed by atoms with E-state index in [0.29, 0.717) is 0 Å². The molecule has 1 heteroatoms. The zero-order valence-corrected chi connectivity index (χ0v) is 14.4. The number of fused-ring (bicyclic) bond motifs is 1. The van der Waals surface area contributed by atoms with Crippen LogP contribution in [-0.4, -0.2) is 13.9 Å². The molecule has 1 radical (unpaired) electrons. The standard InChI is InChI=1S/C22H17Se/c1-3-12-19(13-4-1)23(20-14-5-2-6-15-20)22-17-9-11-18-10-7-8-16-21(18)22/h1-17H. The van der Waals surface area contributed by atoms with Crippen molar-refractivity contribution in [2.75, 3.05) is 0 Å². The van der Waals surface area contributed by atoms with Gasteiger partial charge in [-0.2, -0.15) is 0 Å². The molecule has 0 fully saturated rings. The Kier molecular flexibility index (Phi) is 3.98. The Balaban J connectivity index is 1.98. The predicted molar refractivity (Wildman–Crippen MR) is 101 cm³/mol. The van der Waals surface area contributed by atoms with Gasteiger partial charge < -0.3 is 0 Å². The molecule has 0 aliphatic carbocycles. The Hall–Kier alpha value is -2.34. The molecule has 0 aromatic heterocycles. The zero-order valence-electron chi connectivity index (χ0n) is 12.7. The summed E-state index contributed by atoms with van der Waals surface area (Å²) in [5.74, 6) is 0. The van der Waals surface area contributed by atoms with E-state index in [-0.39, 0.29) is 0 Å². The van der Waals surface area contributed by atoms with E-state index in [1.165, 1.54) is 24.2 Å². The fourth-order valence-corrected chi connectivity index (χ4v) is 7.62. The summed E-state index contributed by atoms with van der Waals surface area (Å²) < 4.78 is 4.39. The first-order valence-electron chi connectivity index (χ1n) is 7.76. The third-order valence-electron chi connectivity index (χ3n) is 3.93. The Bertz CT molecular complexity index is 869. The van der Waals surface area contributed by atoms with Crippen molar-refractivity contribution >= 4 is 38.1 Å². The van der Waals surface area contributed by atoms with Crippen molar-refractivity contribution in [1.82, 2.24) is 0 Å². The van der Waals surface area contributed by atoms with Crippen molar-refractivity contribution in [3.63, 3.8) is 0 Å². The number of hydrogen-bond acceptors (Lipinski definition) is 0. The van der Waals surface area contributed by atoms with Gasteiger partial charge in [-0.15, -0.1) is 0 Å². The minimum absolute atomic E-state index is 1.29. The molecule has 111 valence electrons. The summed E-state index contributed by atoms with van der Waals surface area (Å²) in [6, 6.07) is 37.4. The maximum atomic E-state index is 2.31. The van der Waals surface area contributed by atoms with E-state index in [0.717, 1.165) is 0 Å². The summed E-state index contributed by atoms with van der Waals surface area (Å²) in [5, 5.41) is 2.71. The molecule has 23 heavy (non-hydrogen) atoms. The second-order valence-electron chi connectivity index (χ2n) is 5.41. The fourth-order valence-electron chi connectivity index (χ4n) is 2.88. The van der Waals surface area contributed by atoms with Gasteiger partial charge in [0.2, 0.25) is 0 Å². The molecule has 0 bridgehead atoms. The van der Waals surface area contributed by atoms with Gasteiger partial charge >= 0.3 is 141 Å². The summed E-state index contributed by atoms with van der Waals surface area (Å²) in [6.45, 7) is 0. The second-order valence-corrected chi connectivity index (χ2v) is 9.60. The van der Waals surface area contributed by atoms with Gasteiger partial charge in [0.25, 0.3) is 0 Å². The molecule has 0 nitrogen and oxygen atoms in total. The van der Waals surface area contributed by atoms with Crippen LogP contribution in [0.1, 0.15) is 0 Å². The second kappa shape index (κ2) is 6.42. The van der Waals surface area contributed by atoms with Crippen molar-refractivity contribution < 1.29 is 0 Å². The first-order chi connectivity index (χ1) is 11.4. The predicted octanol–water partition coefficient (Wildman–Crippen LogP) is 3.36. The van der Waals surface area contributed by atoms with E-state index in [4.69, 9.17) is 0 Å². The van der Waals surface area contributed by atoms with Crippen molar-refractivity contribution in [3.8, 4) is 0 Å². The average Bonchev–Trinajstić information content (AvgIpc) is 2.64. The van der Waals surface area contributed by atoms with Crippen LogP contribution in [0.25, 0.3) is 10.8 Å². The summed E-state index contributed by atoms with van der Waals surface area (Å²) in [6.07, 6.45) is 0. The van der Waals surface area contributed by atoms with Gasteiger partial charge in [-0.3, -0.25) is 0 Å². The van der Waals surface area contributed by atoms with Crippen LogP contribution in [0.3, 0.4) is 0 Å². The number of rotatable bonds is 3. The van der Waals surface area contributed by atoms with Crippen molar-refractivity contribution in [3.05, 3.63) is 103 Å². The molecule has 4 aromatic carbocycles. The van der Waals surface area contributed by atoms with Gasteiger partial charge in [-0.05, 0) is 0 Å². The summed E-state index contributed by atoms with van der Waals surface area (Å²) in [4.78, 5) is 0. The minimum atomic E-state index is -1.29. The van der Waals surface area contributed by atoms with Gasteiger partial charge in [0.1, 0.15) is 0 Å². The summed E-state index contributed by atoms with van der Waals surface area (Å²) in [7, 11) is 0. The molecule has 0 heterocycles. The van der Waals surface area contributed by atoms with Crippen molar-refractivity contribution in [2.45, 2.75) is 0 Å². The van der Waals surface area contributed by atoms with Crippen LogP contribution in [0.5, 0.6) is 0 Å². The van der Waals surface area contributed by atoms with E-state index in [2.05, 4.69) is 103 Å². The monoisotopic (exact) mass is 361 g/mol. The molecule has 0 N–H and O–H groups in total. The molecule has 0 unspecified atom stereocenters. The maximum absolute atomic E-state index is 2.31. The zero-order chi connectivity index (χ0) is 15.5. The SMILES string of the molecule is c1ccc([Se](c2ccccc2)c2cccc3ccccc23)cc1. The quantitative estimate of drug-likeness (QED) is 0.492. The molecule has 4 rings (SSSR count). The van der Waals surface area contributed by atoms with Gasteiger partial charge in [0.05, 0.1) is 0 Å². The molecule has 0 spiro atoms. The summed E-state index contributed by atoms with van der Waals surface area (Å²) >= 11 is -1.29. The Morgan fingerprint density at radius 3 is 1.61 bits per heavy atom. The molecule has 0 atom stereocenters. The van der Waals surface area contributed by atoms with Crippen molar-refractivity contribution in [1.29, 1.82) is 0 Å². The van der Waals surface area contributed by atoms with Gasteiger partial charge in [0, 0.05) is 0 Å². The molecule has 0 aliphatic heterocycles. The first kappa shape index (κ1) is 14.3. The van der Waals surface area contributed by atoms with Crippen LogP contribution < -0.4 is 13.4 Å².